The summed E-state index contributed by atoms with van der Waals surface area (Å²) in [7, 11) is -3.56. The van der Waals surface area contributed by atoms with E-state index < -0.39 is 10.0 Å². The maximum absolute atomic E-state index is 12.2. The Bertz CT molecular complexity index is 838. The molecule has 0 radical (unpaired) electrons. The SMILES string of the molecule is CC(C)NS(=O)(=O)c1cccc(CNC(=O)c2cncc(Br)c2)c1. The maximum Gasteiger partial charge on any atom is 0.253 e. The third-order valence-electron chi connectivity index (χ3n) is 3.02. The van der Waals surface area contributed by atoms with E-state index in [1.54, 1.807) is 44.3 Å². The standard InChI is InChI=1S/C16H18BrN3O3S/c1-11(2)20-24(22,23)15-5-3-4-12(6-15)8-19-16(21)13-7-14(17)10-18-9-13/h3-7,9-11,20H,8H2,1-2H3,(H,19,21). The van der Waals surface area contributed by atoms with Crippen LogP contribution in [0.2, 0.25) is 0 Å². The van der Waals surface area contributed by atoms with Crippen LogP contribution in [-0.4, -0.2) is 25.4 Å². The number of nitrogens with zero attached hydrogens (tertiary/aromatic N) is 1. The van der Waals surface area contributed by atoms with Crippen LogP contribution >= 0.6 is 15.9 Å². The highest BCUT2D eigenvalue weighted by molar-refractivity contribution is 9.10. The molecule has 6 nitrogen and oxygen atoms in total. The van der Waals surface area contributed by atoms with Crippen molar-refractivity contribution in [3.63, 3.8) is 0 Å². The molecule has 0 fully saturated rings. The summed E-state index contributed by atoms with van der Waals surface area (Å²) in [5, 5.41) is 2.75. The topological polar surface area (TPSA) is 88.2 Å². The van der Waals surface area contributed by atoms with Crippen molar-refractivity contribution in [3.05, 3.63) is 58.3 Å². The minimum Gasteiger partial charge on any atom is -0.348 e. The number of hydrogen-bond acceptors (Lipinski definition) is 4. The summed E-state index contributed by atoms with van der Waals surface area (Å²) < 4.78 is 27.6. The number of hydrogen-bond donors (Lipinski definition) is 2. The van der Waals surface area contributed by atoms with E-state index in [-0.39, 0.29) is 23.4 Å². The lowest BCUT2D eigenvalue weighted by Gasteiger charge is -2.11. The molecule has 2 rings (SSSR count). The van der Waals surface area contributed by atoms with Crippen molar-refractivity contribution in [2.45, 2.75) is 31.3 Å². The second-order valence-electron chi connectivity index (χ2n) is 5.50. The molecule has 0 saturated heterocycles. The first-order chi connectivity index (χ1) is 11.3. The lowest BCUT2D eigenvalue weighted by Crippen LogP contribution is -2.30. The number of halogens is 1. The van der Waals surface area contributed by atoms with Crippen molar-refractivity contribution < 1.29 is 13.2 Å². The minimum absolute atomic E-state index is 0.173. The number of aromatic nitrogens is 1. The summed E-state index contributed by atoms with van der Waals surface area (Å²) >= 11 is 3.26. The molecule has 0 spiro atoms. The van der Waals surface area contributed by atoms with E-state index in [1.807, 2.05) is 0 Å². The van der Waals surface area contributed by atoms with Crippen LogP contribution in [0.25, 0.3) is 0 Å². The molecule has 1 amide bonds. The predicted octanol–water partition coefficient (Wildman–Crippen LogP) is 2.46. The van der Waals surface area contributed by atoms with E-state index in [9.17, 15) is 13.2 Å². The van der Waals surface area contributed by atoms with Gasteiger partial charge in [0.15, 0.2) is 0 Å². The quantitative estimate of drug-likeness (QED) is 0.763. The summed E-state index contributed by atoms with van der Waals surface area (Å²) in [5.41, 5.74) is 1.12. The van der Waals surface area contributed by atoms with Gasteiger partial charge in [-0.15, -0.1) is 0 Å². The number of benzene rings is 1. The molecule has 1 aromatic heterocycles. The van der Waals surface area contributed by atoms with Gasteiger partial charge in [0.05, 0.1) is 10.5 Å². The molecule has 0 aliphatic rings. The van der Waals surface area contributed by atoms with Gasteiger partial charge >= 0.3 is 0 Å². The Morgan fingerprint density at radius 2 is 2.00 bits per heavy atom. The summed E-state index contributed by atoms with van der Waals surface area (Å²) in [6.45, 7) is 3.73. The molecular weight excluding hydrogens is 394 g/mol. The second-order valence-corrected chi connectivity index (χ2v) is 8.13. The van der Waals surface area contributed by atoms with Crippen molar-refractivity contribution in [2.24, 2.45) is 0 Å². The molecule has 0 bridgehead atoms. The van der Waals surface area contributed by atoms with Crippen LogP contribution in [-0.2, 0) is 16.6 Å². The maximum atomic E-state index is 12.2. The fourth-order valence-corrected chi connectivity index (χ4v) is 3.71. The van der Waals surface area contributed by atoms with Crippen LogP contribution in [0.15, 0.2) is 52.1 Å². The van der Waals surface area contributed by atoms with E-state index >= 15 is 0 Å². The Balaban J connectivity index is 2.09. The predicted molar refractivity (Wildman–Crippen MR) is 95.0 cm³/mol. The van der Waals surface area contributed by atoms with Gasteiger partial charge in [-0.3, -0.25) is 9.78 Å². The minimum atomic E-state index is -3.56. The molecule has 0 unspecified atom stereocenters. The van der Waals surface area contributed by atoms with Gasteiger partial charge in [0.25, 0.3) is 5.91 Å². The van der Waals surface area contributed by atoms with Crippen LogP contribution in [0.3, 0.4) is 0 Å². The lowest BCUT2D eigenvalue weighted by molar-refractivity contribution is 0.0950. The molecular formula is C16H18BrN3O3S. The third-order valence-corrected chi connectivity index (χ3v) is 5.11. The number of carbonyl (C=O) groups is 1. The Morgan fingerprint density at radius 1 is 1.25 bits per heavy atom. The van der Waals surface area contributed by atoms with Gasteiger partial charge in [0.1, 0.15) is 0 Å². The lowest BCUT2D eigenvalue weighted by atomic mass is 10.2. The highest BCUT2D eigenvalue weighted by atomic mass is 79.9. The fourth-order valence-electron chi connectivity index (χ4n) is 2.02. The summed E-state index contributed by atoms with van der Waals surface area (Å²) in [4.78, 5) is 16.2. The van der Waals surface area contributed by atoms with Crippen molar-refractivity contribution in [1.82, 2.24) is 15.0 Å². The summed E-state index contributed by atoms with van der Waals surface area (Å²) in [6.07, 6.45) is 3.06. The number of sulfonamides is 1. The number of rotatable bonds is 6. The van der Waals surface area contributed by atoms with Gasteiger partial charge < -0.3 is 5.32 Å². The first kappa shape index (κ1) is 18.6. The average molecular weight is 412 g/mol. The summed E-state index contributed by atoms with van der Waals surface area (Å²) in [5.74, 6) is -0.280. The van der Waals surface area contributed by atoms with Gasteiger partial charge in [-0.25, -0.2) is 13.1 Å². The third kappa shape index (κ3) is 5.12. The monoisotopic (exact) mass is 411 g/mol. The van der Waals surface area contributed by atoms with E-state index in [1.165, 1.54) is 12.3 Å². The molecule has 1 aromatic carbocycles. The Kier molecular flexibility index (Phi) is 6.09. The van der Waals surface area contributed by atoms with E-state index in [4.69, 9.17) is 0 Å². The van der Waals surface area contributed by atoms with Crippen LogP contribution in [0.5, 0.6) is 0 Å². The van der Waals surface area contributed by atoms with Crippen LogP contribution in [0.4, 0.5) is 0 Å². The second kappa shape index (κ2) is 7.87. The molecule has 128 valence electrons. The molecule has 0 saturated carbocycles. The Hall–Kier alpha value is -1.77. The zero-order valence-corrected chi connectivity index (χ0v) is 15.7. The molecule has 0 atom stereocenters. The zero-order chi connectivity index (χ0) is 17.7. The van der Waals surface area contributed by atoms with Gasteiger partial charge in [-0.1, -0.05) is 12.1 Å². The molecule has 0 aliphatic carbocycles. The van der Waals surface area contributed by atoms with Crippen molar-refractivity contribution in [3.8, 4) is 0 Å². The van der Waals surface area contributed by atoms with Crippen molar-refractivity contribution in [2.75, 3.05) is 0 Å². The largest absolute Gasteiger partial charge is 0.348 e. The molecule has 1 heterocycles. The summed E-state index contributed by atoms with van der Waals surface area (Å²) in [6, 6.07) is 7.95. The van der Waals surface area contributed by atoms with Gasteiger partial charge in [0.2, 0.25) is 10.0 Å². The Morgan fingerprint density at radius 3 is 2.67 bits per heavy atom. The van der Waals surface area contributed by atoms with Crippen molar-refractivity contribution >= 4 is 31.9 Å². The van der Waals surface area contributed by atoms with E-state index in [2.05, 4.69) is 31.0 Å². The number of carbonyl (C=O) groups excluding carboxylic acids is 1. The van der Waals surface area contributed by atoms with E-state index in [0.717, 1.165) is 0 Å². The molecule has 0 aliphatic heterocycles. The van der Waals surface area contributed by atoms with Gasteiger partial charge in [0, 0.05) is 29.5 Å². The number of amides is 1. The highest BCUT2D eigenvalue weighted by Gasteiger charge is 2.15. The van der Waals surface area contributed by atoms with Crippen LogP contribution < -0.4 is 10.0 Å². The fraction of sp³-hybridized carbons (Fsp3) is 0.250. The average Bonchev–Trinajstić information content (AvgIpc) is 2.51. The molecule has 2 N–H and O–H groups in total. The van der Waals surface area contributed by atoms with Crippen molar-refractivity contribution in [1.29, 1.82) is 0 Å². The zero-order valence-electron chi connectivity index (χ0n) is 13.3. The molecule has 2 aromatic rings. The van der Waals surface area contributed by atoms with Crippen LogP contribution in [0, 0.1) is 0 Å². The van der Waals surface area contributed by atoms with Gasteiger partial charge in [-0.05, 0) is 53.5 Å². The smallest absolute Gasteiger partial charge is 0.253 e. The first-order valence-corrected chi connectivity index (χ1v) is 9.55. The van der Waals surface area contributed by atoms with Crippen LogP contribution in [0.1, 0.15) is 29.8 Å². The Labute approximate surface area is 149 Å². The number of nitrogens with one attached hydrogen (secondary N) is 2. The molecule has 8 heteroatoms. The normalized spacial score (nSPS) is 11.5. The highest BCUT2D eigenvalue weighted by Crippen LogP contribution is 2.13. The number of pyridine rings is 1. The molecule has 24 heavy (non-hydrogen) atoms. The van der Waals surface area contributed by atoms with Gasteiger partial charge in [-0.2, -0.15) is 0 Å². The first-order valence-electron chi connectivity index (χ1n) is 7.28. The van der Waals surface area contributed by atoms with E-state index in [0.29, 0.717) is 15.6 Å².